The highest BCUT2D eigenvalue weighted by molar-refractivity contribution is 7.15. The molecular formula is C15H18N4OS. The summed E-state index contributed by atoms with van der Waals surface area (Å²) in [6.07, 6.45) is 6.88. The van der Waals surface area contributed by atoms with Gasteiger partial charge in [0.1, 0.15) is 12.4 Å². The van der Waals surface area contributed by atoms with Crippen molar-refractivity contribution in [2.75, 3.05) is 6.54 Å². The molecule has 0 aliphatic rings. The number of pyridine rings is 1. The first-order valence-electron chi connectivity index (χ1n) is 7.04. The zero-order chi connectivity index (χ0) is 14.5. The standard InChI is InChI=1S/C15H18N4OS/c1-2-5-16-8-12-3-4-14(9-17-12)20-11-13-10-19-6-7-21-15(19)18-13/h3-4,6-7,9-10,16H,2,5,8,11H2,1H3. The van der Waals surface area contributed by atoms with E-state index in [0.717, 1.165) is 41.6 Å². The molecule has 0 aliphatic heterocycles. The van der Waals surface area contributed by atoms with Crippen LogP contribution in [0.25, 0.3) is 4.96 Å². The number of rotatable bonds is 7. The first-order chi connectivity index (χ1) is 10.3. The van der Waals surface area contributed by atoms with Gasteiger partial charge in [-0.05, 0) is 25.1 Å². The number of thiazole rings is 1. The van der Waals surface area contributed by atoms with Crippen LogP contribution in [0.4, 0.5) is 0 Å². The Bertz CT molecular complexity index is 661. The quantitative estimate of drug-likeness (QED) is 0.682. The summed E-state index contributed by atoms with van der Waals surface area (Å²) in [5.41, 5.74) is 1.95. The first kappa shape index (κ1) is 14.0. The molecule has 110 valence electrons. The molecule has 0 saturated carbocycles. The van der Waals surface area contributed by atoms with Crippen molar-refractivity contribution in [2.24, 2.45) is 0 Å². The highest BCUT2D eigenvalue weighted by Crippen LogP contribution is 2.14. The normalized spacial score (nSPS) is 11.1. The number of hydrogen-bond donors (Lipinski definition) is 1. The average Bonchev–Trinajstić information content (AvgIpc) is 3.08. The Balaban J connectivity index is 1.54. The molecule has 3 aromatic heterocycles. The maximum Gasteiger partial charge on any atom is 0.193 e. The van der Waals surface area contributed by atoms with Crippen LogP contribution in [0, 0.1) is 0 Å². The average molecular weight is 302 g/mol. The SMILES string of the molecule is CCCNCc1ccc(OCc2cn3ccsc3n2)cn1. The third-order valence-electron chi connectivity index (χ3n) is 3.06. The van der Waals surface area contributed by atoms with Crippen LogP contribution in [0.5, 0.6) is 5.75 Å². The van der Waals surface area contributed by atoms with Crippen molar-refractivity contribution in [3.63, 3.8) is 0 Å². The maximum atomic E-state index is 5.72. The number of fused-ring (bicyclic) bond motifs is 1. The van der Waals surface area contributed by atoms with Gasteiger partial charge in [0.2, 0.25) is 0 Å². The third-order valence-corrected chi connectivity index (χ3v) is 3.83. The van der Waals surface area contributed by atoms with Gasteiger partial charge < -0.3 is 10.1 Å². The molecule has 0 atom stereocenters. The minimum absolute atomic E-state index is 0.462. The Morgan fingerprint density at radius 2 is 2.29 bits per heavy atom. The Kier molecular flexibility index (Phi) is 4.47. The van der Waals surface area contributed by atoms with Crippen molar-refractivity contribution < 1.29 is 4.74 Å². The van der Waals surface area contributed by atoms with Crippen LogP contribution in [0.1, 0.15) is 24.7 Å². The van der Waals surface area contributed by atoms with Crippen LogP contribution in [-0.2, 0) is 13.2 Å². The van der Waals surface area contributed by atoms with Gasteiger partial charge in [0.15, 0.2) is 4.96 Å². The predicted octanol–water partition coefficient (Wildman–Crippen LogP) is 2.87. The molecule has 21 heavy (non-hydrogen) atoms. The smallest absolute Gasteiger partial charge is 0.193 e. The Hall–Kier alpha value is -1.92. The molecule has 0 spiro atoms. The second-order valence-electron chi connectivity index (χ2n) is 4.78. The largest absolute Gasteiger partial charge is 0.486 e. The molecule has 0 fully saturated rings. The monoisotopic (exact) mass is 302 g/mol. The summed E-state index contributed by atoms with van der Waals surface area (Å²) in [4.78, 5) is 9.86. The fourth-order valence-corrected chi connectivity index (χ4v) is 2.72. The van der Waals surface area contributed by atoms with E-state index in [-0.39, 0.29) is 0 Å². The van der Waals surface area contributed by atoms with Crippen LogP contribution >= 0.6 is 11.3 Å². The van der Waals surface area contributed by atoms with Crippen molar-refractivity contribution in [3.05, 3.63) is 47.5 Å². The molecule has 0 unspecified atom stereocenters. The fraction of sp³-hybridized carbons (Fsp3) is 0.333. The lowest BCUT2D eigenvalue weighted by molar-refractivity contribution is 0.300. The minimum Gasteiger partial charge on any atom is -0.486 e. The van der Waals surface area contributed by atoms with E-state index in [1.807, 2.05) is 34.3 Å². The fourth-order valence-electron chi connectivity index (χ4n) is 2.00. The Labute approximate surface area is 127 Å². The summed E-state index contributed by atoms with van der Waals surface area (Å²) in [5, 5.41) is 5.34. The zero-order valence-electron chi connectivity index (χ0n) is 12.0. The van der Waals surface area contributed by atoms with E-state index in [1.165, 1.54) is 0 Å². The van der Waals surface area contributed by atoms with E-state index in [4.69, 9.17) is 4.74 Å². The summed E-state index contributed by atoms with van der Waals surface area (Å²) in [5.74, 6) is 0.769. The lowest BCUT2D eigenvalue weighted by Gasteiger charge is -2.06. The molecule has 0 aromatic carbocycles. The van der Waals surface area contributed by atoms with Gasteiger partial charge in [0.05, 0.1) is 17.6 Å². The number of nitrogens with one attached hydrogen (secondary N) is 1. The molecule has 5 nitrogen and oxygen atoms in total. The third kappa shape index (κ3) is 3.59. The molecule has 0 saturated heterocycles. The van der Waals surface area contributed by atoms with E-state index in [2.05, 4.69) is 22.2 Å². The molecule has 3 aromatic rings. The number of ether oxygens (including phenoxy) is 1. The van der Waals surface area contributed by atoms with Crippen molar-refractivity contribution in [3.8, 4) is 5.75 Å². The topological polar surface area (TPSA) is 51.5 Å². The van der Waals surface area contributed by atoms with Crippen LogP contribution in [0.15, 0.2) is 36.1 Å². The predicted molar refractivity (Wildman–Crippen MR) is 83.6 cm³/mol. The van der Waals surface area contributed by atoms with Crippen molar-refractivity contribution in [2.45, 2.75) is 26.5 Å². The van der Waals surface area contributed by atoms with Gasteiger partial charge in [-0.25, -0.2) is 4.98 Å². The second kappa shape index (κ2) is 6.69. The van der Waals surface area contributed by atoms with Crippen LogP contribution in [0.2, 0.25) is 0 Å². The first-order valence-corrected chi connectivity index (χ1v) is 7.92. The molecule has 0 radical (unpaired) electrons. The van der Waals surface area contributed by atoms with Gasteiger partial charge in [0.25, 0.3) is 0 Å². The number of aromatic nitrogens is 3. The molecule has 3 heterocycles. The maximum absolute atomic E-state index is 5.72. The van der Waals surface area contributed by atoms with E-state index in [9.17, 15) is 0 Å². The van der Waals surface area contributed by atoms with Crippen molar-refractivity contribution >= 4 is 16.3 Å². The van der Waals surface area contributed by atoms with Crippen molar-refractivity contribution in [1.29, 1.82) is 0 Å². The molecule has 0 amide bonds. The molecule has 6 heteroatoms. The summed E-state index contributed by atoms with van der Waals surface area (Å²) in [6, 6.07) is 3.94. The molecular weight excluding hydrogens is 284 g/mol. The Morgan fingerprint density at radius 3 is 3.05 bits per heavy atom. The van der Waals surface area contributed by atoms with E-state index < -0.39 is 0 Å². The summed E-state index contributed by atoms with van der Waals surface area (Å²) in [6.45, 7) is 4.42. The number of nitrogens with zero attached hydrogens (tertiary/aromatic N) is 3. The van der Waals surface area contributed by atoms with Gasteiger partial charge in [-0.15, -0.1) is 11.3 Å². The molecule has 3 rings (SSSR count). The Morgan fingerprint density at radius 1 is 1.33 bits per heavy atom. The van der Waals surface area contributed by atoms with E-state index in [0.29, 0.717) is 6.61 Å². The van der Waals surface area contributed by atoms with E-state index >= 15 is 0 Å². The van der Waals surface area contributed by atoms with Gasteiger partial charge >= 0.3 is 0 Å². The van der Waals surface area contributed by atoms with Gasteiger partial charge in [-0.2, -0.15) is 0 Å². The molecule has 0 aliphatic carbocycles. The summed E-state index contributed by atoms with van der Waals surface area (Å²) >= 11 is 1.62. The summed E-state index contributed by atoms with van der Waals surface area (Å²) < 4.78 is 7.72. The lowest BCUT2D eigenvalue weighted by atomic mass is 10.3. The van der Waals surface area contributed by atoms with E-state index in [1.54, 1.807) is 17.5 Å². The highest BCUT2D eigenvalue weighted by Gasteiger charge is 2.03. The molecule has 1 N–H and O–H groups in total. The van der Waals surface area contributed by atoms with Gasteiger partial charge in [-0.3, -0.25) is 9.38 Å². The van der Waals surface area contributed by atoms with Crippen LogP contribution < -0.4 is 10.1 Å². The molecule has 0 bridgehead atoms. The van der Waals surface area contributed by atoms with Crippen LogP contribution in [-0.4, -0.2) is 20.9 Å². The highest BCUT2D eigenvalue weighted by atomic mass is 32.1. The lowest BCUT2D eigenvalue weighted by Crippen LogP contribution is -2.14. The van der Waals surface area contributed by atoms with Crippen molar-refractivity contribution in [1.82, 2.24) is 19.7 Å². The second-order valence-corrected chi connectivity index (χ2v) is 5.65. The van der Waals surface area contributed by atoms with Gasteiger partial charge in [-0.1, -0.05) is 6.92 Å². The number of imidazole rings is 1. The summed E-state index contributed by atoms with van der Waals surface area (Å²) in [7, 11) is 0. The van der Waals surface area contributed by atoms with Crippen LogP contribution in [0.3, 0.4) is 0 Å². The van der Waals surface area contributed by atoms with Gasteiger partial charge in [0, 0.05) is 24.3 Å². The minimum atomic E-state index is 0.462. The zero-order valence-corrected chi connectivity index (χ0v) is 12.8. The number of hydrogen-bond acceptors (Lipinski definition) is 5.